The van der Waals surface area contributed by atoms with Gasteiger partial charge in [-0.3, -0.25) is 9.48 Å². The molecule has 12 heteroatoms. The molecule has 2 aliphatic heterocycles. The summed E-state index contributed by atoms with van der Waals surface area (Å²) in [6.45, 7) is 3.75. The standard InChI is InChI=1S/C24H24N8O4/c1-14-21-19(13-26-32(21)10-11-35-14)29-23-25-8-6-17(28-23)15-4-3-5-16(27-15)18-12-20(36-30-18)24(34)7-9-31(2)22(24)33/h3-6,8,12-14,34H,7,9-11H2,1-2H3,(H,25,28,29)/t14-,24-/m1/s1. The first-order chi connectivity index (χ1) is 17.4. The van der Waals surface area contributed by atoms with Crippen molar-refractivity contribution in [2.75, 3.05) is 25.5 Å². The molecule has 6 heterocycles. The van der Waals surface area contributed by atoms with E-state index in [0.29, 0.717) is 48.4 Å². The molecule has 12 nitrogen and oxygen atoms in total. The maximum Gasteiger partial charge on any atom is 0.262 e. The summed E-state index contributed by atoms with van der Waals surface area (Å²) < 4.78 is 13.0. The van der Waals surface area contributed by atoms with Gasteiger partial charge in [0, 0.05) is 32.3 Å². The second kappa shape index (κ2) is 8.50. The topological polar surface area (TPSA) is 144 Å². The number of fused-ring (bicyclic) bond motifs is 1. The maximum absolute atomic E-state index is 12.4. The van der Waals surface area contributed by atoms with Crippen LogP contribution in [0.15, 0.2) is 47.2 Å². The van der Waals surface area contributed by atoms with Crippen LogP contribution >= 0.6 is 0 Å². The number of nitrogens with zero attached hydrogens (tertiary/aromatic N) is 7. The lowest BCUT2D eigenvalue weighted by Crippen LogP contribution is -2.35. The van der Waals surface area contributed by atoms with Gasteiger partial charge in [-0.25, -0.2) is 15.0 Å². The number of likely N-dealkylation sites (tertiary alicyclic amines) is 1. The SMILES string of the molecule is C[C@H]1OCCn2ncc(Nc3nccc(-c4cccc(-c5cc([C@]6(O)CCN(C)C6=O)on5)n4)n3)c21. The maximum atomic E-state index is 12.4. The molecule has 0 aliphatic carbocycles. The van der Waals surface area contributed by atoms with E-state index < -0.39 is 11.5 Å². The smallest absolute Gasteiger partial charge is 0.262 e. The van der Waals surface area contributed by atoms with Crippen molar-refractivity contribution in [3.8, 4) is 22.8 Å². The summed E-state index contributed by atoms with van der Waals surface area (Å²) in [5, 5.41) is 22.6. The van der Waals surface area contributed by atoms with Gasteiger partial charge < -0.3 is 24.6 Å². The van der Waals surface area contributed by atoms with Crippen molar-refractivity contribution < 1.29 is 19.2 Å². The van der Waals surface area contributed by atoms with E-state index in [1.807, 2.05) is 23.7 Å². The number of carbonyl (C=O) groups is 1. The average Bonchev–Trinajstić information content (AvgIpc) is 3.61. The average molecular weight is 489 g/mol. The largest absolute Gasteiger partial charge is 0.373 e. The van der Waals surface area contributed by atoms with Gasteiger partial charge in [-0.2, -0.15) is 5.10 Å². The lowest BCUT2D eigenvalue weighted by Gasteiger charge is -2.22. The lowest BCUT2D eigenvalue weighted by atomic mass is 9.98. The van der Waals surface area contributed by atoms with E-state index >= 15 is 0 Å². The molecule has 0 aromatic carbocycles. The number of hydrogen-bond donors (Lipinski definition) is 2. The van der Waals surface area contributed by atoms with Crippen molar-refractivity contribution in [1.29, 1.82) is 0 Å². The number of hydrogen-bond acceptors (Lipinski definition) is 10. The molecule has 0 saturated carbocycles. The van der Waals surface area contributed by atoms with Gasteiger partial charge in [-0.1, -0.05) is 11.2 Å². The highest BCUT2D eigenvalue weighted by Gasteiger charge is 2.48. The van der Waals surface area contributed by atoms with E-state index in [0.717, 1.165) is 11.4 Å². The minimum absolute atomic E-state index is 0.0874. The summed E-state index contributed by atoms with van der Waals surface area (Å²) in [7, 11) is 1.64. The lowest BCUT2D eigenvalue weighted by molar-refractivity contribution is -0.144. The molecule has 0 radical (unpaired) electrons. The fraction of sp³-hybridized carbons (Fsp3) is 0.333. The van der Waals surface area contributed by atoms with Gasteiger partial charge in [0.1, 0.15) is 5.69 Å². The zero-order chi connectivity index (χ0) is 24.9. The number of nitrogens with one attached hydrogen (secondary N) is 1. The van der Waals surface area contributed by atoms with Crippen LogP contribution < -0.4 is 5.32 Å². The summed E-state index contributed by atoms with van der Waals surface area (Å²) in [6, 6.07) is 8.76. The highest BCUT2D eigenvalue weighted by Crippen LogP contribution is 2.35. The molecule has 2 atom stereocenters. The molecule has 0 unspecified atom stereocenters. The molecule has 0 bridgehead atoms. The monoisotopic (exact) mass is 488 g/mol. The molecule has 2 N–H and O–H groups in total. The predicted molar refractivity (Wildman–Crippen MR) is 127 cm³/mol. The Bertz CT molecular complexity index is 1450. The van der Waals surface area contributed by atoms with Gasteiger partial charge in [0.25, 0.3) is 5.91 Å². The third kappa shape index (κ3) is 3.71. The van der Waals surface area contributed by atoms with E-state index in [2.05, 4.69) is 30.5 Å². The molecule has 2 aliphatic rings. The van der Waals surface area contributed by atoms with Crippen LogP contribution in [0.25, 0.3) is 22.8 Å². The fourth-order valence-electron chi connectivity index (χ4n) is 4.57. The minimum atomic E-state index is -1.71. The number of carbonyl (C=O) groups excluding carboxylic acids is 1. The number of amides is 1. The Labute approximate surface area is 205 Å². The number of anilines is 2. The number of rotatable bonds is 5. The van der Waals surface area contributed by atoms with Crippen molar-refractivity contribution in [3.05, 3.63) is 54.2 Å². The van der Waals surface area contributed by atoms with Crippen LogP contribution in [0.1, 0.15) is 30.9 Å². The predicted octanol–water partition coefficient (Wildman–Crippen LogP) is 2.27. The third-order valence-electron chi connectivity index (χ3n) is 6.54. The molecule has 1 amide bonds. The zero-order valence-electron chi connectivity index (χ0n) is 19.7. The Morgan fingerprint density at radius 1 is 1.14 bits per heavy atom. The number of likely N-dealkylation sites (N-methyl/N-ethyl adjacent to an activating group) is 1. The van der Waals surface area contributed by atoms with Gasteiger partial charge in [0.15, 0.2) is 5.76 Å². The van der Waals surface area contributed by atoms with E-state index in [-0.39, 0.29) is 18.3 Å². The van der Waals surface area contributed by atoms with Crippen LogP contribution in [0.3, 0.4) is 0 Å². The summed E-state index contributed by atoms with van der Waals surface area (Å²) in [5.41, 5.74) is 2.18. The normalized spacial score (nSPS) is 21.6. The van der Waals surface area contributed by atoms with Crippen molar-refractivity contribution >= 4 is 17.5 Å². The Balaban J connectivity index is 1.26. The molecular formula is C24H24N8O4. The van der Waals surface area contributed by atoms with Crippen molar-refractivity contribution in [2.45, 2.75) is 31.6 Å². The molecule has 4 aromatic heterocycles. The molecule has 36 heavy (non-hydrogen) atoms. The zero-order valence-corrected chi connectivity index (χ0v) is 19.7. The summed E-state index contributed by atoms with van der Waals surface area (Å²) in [4.78, 5) is 27.5. The van der Waals surface area contributed by atoms with Crippen molar-refractivity contribution in [1.82, 2.24) is 34.8 Å². The molecule has 1 fully saturated rings. The van der Waals surface area contributed by atoms with Crippen molar-refractivity contribution in [3.63, 3.8) is 0 Å². The Hall–Kier alpha value is -4.16. The van der Waals surface area contributed by atoms with Gasteiger partial charge in [0.2, 0.25) is 11.5 Å². The fourth-order valence-corrected chi connectivity index (χ4v) is 4.57. The molecule has 6 rings (SSSR count). The van der Waals surface area contributed by atoms with Crippen LogP contribution in [0, 0.1) is 0 Å². The van der Waals surface area contributed by atoms with Crippen LogP contribution in [0.2, 0.25) is 0 Å². The number of aromatic nitrogens is 6. The van der Waals surface area contributed by atoms with E-state index in [1.54, 1.807) is 37.6 Å². The van der Waals surface area contributed by atoms with Crippen molar-refractivity contribution in [2.24, 2.45) is 0 Å². The number of pyridine rings is 1. The summed E-state index contributed by atoms with van der Waals surface area (Å²) in [5.74, 6) is 0.104. The van der Waals surface area contributed by atoms with E-state index in [1.165, 1.54) is 4.90 Å². The Morgan fingerprint density at radius 3 is 2.75 bits per heavy atom. The van der Waals surface area contributed by atoms with Crippen LogP contribution in [-0.2, 0) is 21.7 Å². The second-order valence-electron chi connectivity index (χ2n) is 8.89. The first-order valence-electron chi connectivity index (χ1n) is 11.6. The molecule has 184 valence electrons. The minimum Gasteiger partial charge on any atom is -0.373 e. The second-order valence-corrected chi connectivity index (χ2v) is 8.89. The number of ether oxygens (including phenoxy) is 1. The van der Waals surface area contributed by atoms with Crippen LogP contribution in [0.5, 0.6) is 0 Å². The Kier molecular flexibility index (Phi) is 5.27. The van der Waals surface area contributed by atoms with Gasteiger partial charge in [0.05, 0.1) is 53.9 Å². The van der Waals surface area contributed by atoms with Gasteiger partial charge in [-0.15, -0.1) is 0 Å². The number of aliphatic hydroxyl groups is 1. The van der Waals surface area contributed by atoms with Gasteiger partial charge in [-0.05, 0) is 25.1 Å². The van der Waals surface area contributed by atoms with Crippen LogP contribution in [0.4, 0.5) is 11.6 Å². The van der Waals surface area contributed by atoms with E-state index in [4.69, 9.17) is 9.26 Å². The van der Waals surface area contributed by atoms with E-state index in [9.17, 15) is 9.90 Å². The summed E-state index contributed by atoms with van der Waals surface area (Å²) >= 11 is 0. The first-order valence-corrected chi connectivity index (χ1v) is 11.6. The van der Waals surface area contributed by atoms with Crippen LogP contribution in [-0.4, -0.2) is 66.0 Å². The quantitative estimate of drug-likeness (QED) is 0.429. The highest BCUT2D eigenvalue weighted by molar-refractivity contribution is 5.87. The highest BCUT2D eigenvalue weighted by atomic mass is 16.5. The first kappa shape index (κ1) is 22.3. The Morgan fingerprint density at radius 2 is 1.94 bits per heavy atom. The molecule has 4 aromatic rings. The van der Waals surface area contributed by atoms with Gasteiger partial charge >= 0.3 is 0 Å². The molecular weight excluding hydrogens is 464 g/mol. The molecule has 1 saturated heterocycles. The molecule has 0 spiro atoms. The third-order valence-corrected chi connectivity index (χ3v) is 6.54. The summed E-state index contributed by atoms with van der Waals surface area (Å²) in [6.07, 6.45) is 3.56.